The molecule has 1 rings (SSSR count). The topological polar surface area (TPSA) is 105 Å². The Morgan fingerprint density at radius 1 is 1.18 bits per heavy atom. The van der Waals surface area contributed by atoms with Crippen LogP contribution in [0.5, 0.6) is 5.75 Å². The second kappa shape index (κ2) is 13.8. The van der Waals surface area contributed by atoms with E-state index in [0.29, 0.717) is 24.3 Å². The van der Waals surface area contributed by atoms with Gasteiger partial charge < -0.3 is 24.6 Å². The van der Waals surface area contributed by atoms with E-state index in [1.54, 1.807) is 8.93 Å². The molecular weight excluding hydrogens is 516 g/mol. The van der Waals surface area contributed by atoms with Crippen molar-refractivity contribution in [3.8, 4) is 5.75 Å². The molecule has 28 heavy (non-hydrogen) atoms. The van der Waals surface area contributed by atoms with Crippen LogP contribution in [0.4, 0.5) is 0 Å². The van der Waals surface area contributed by atoms with Crippen LogP contribution in [-0.2, 0) is 22.1 Å². The molecule has 10 heteroatoms. The predicted molar refractivity (Wildman–Crippen MR) is 124 cm³/mol. The van der Waals surface area contributed by atoms with Gasteiger partial charge in [-0.15, -0.1) is 0 Å². The maximum atomic E-state index is 12.2. The second-order valence-electron chi connectivity index (χ2n) is 6.00. The van der Waals surface area contributed by atoms with Gasteiger partial charge in [0.05, 0.1) is 20.4 Å². The zero-order chi connectivity index (χ0) is 21.9. The fourth-order valence-electron chi connectivity index (χ4n) is 2.98. The van der Waals surface area contributed by atoms with Gasteiger partial charge in [-0.3, -0.25) is 4.57 Å². The first kappa shape index (κ1) is 27.7. The van der Waals surface area contributed by atoms with E-state index < -0.39 is 13.6 Å². The molecule has 0 fully saturated rings. The first-order chi connectivity index (χ1) is 13.1. The lowest BCUT2D eigenvalue weighted by Crippen LogP contribution is -2.22. The van der Waals surface area contributed by atoms with Crippen LogP contribution in [0.25, 0.3) is 0 Å². The Morgan fingerprint density at radius 3 is 2.18 bits per heavy atom. The largest absolute Gasteiger partial charge is 0.496 e. The van der Waals surface area contributed by atoms with Crippen molar-refractivity contribution in [1.29, 1.82) is 0 Å². The third-order valence-corrected chi connectivity index (χ3v) is 5.14. The maximum absolute atomic E-state index is 12.2. The summed E-state index contributed by atoms with van der Waals surface area (Å²) in [5.41, 5.74) is 4.37. The van der Waals surface area contributed by atoms with Gasteiger partial charge in [-0.25, -0.2) is 4.79 Å². The molecule has 0 saturated heterocycles. The van der Waals surface area contributed by atoms with Crippen LogP contribution in [0.15, 0.2) is 0 Å². The van der Waals surface area contributed by atoms with Crippen LogP contribution in [-0.4, -0.2) is 55.5 Å². The number of ether oxygens (including phenoxy) is 2. The number of nitrogens with one attached hydrogen (secondary N) is 1. The van der Waals surface area contributed by atoms with E-state index in [0.717, 1.165) is 28.7 Å². The molecule has 1 aromatic carbocycles. The quantitative estimate of drug-likeness (QED) is 0.186. The van der Waals surface area contributed by atoms with Gasteiger partial charge in [0.1, 0.15) is 11.3 Å². The van der Waals surface area contributed by atoms with Crippen LogP contribution in [0.3, 0.4) is 0 Å². The molecule has 0 unspecified atom stereocenters. The highest BCUT2D eigenvalue weighted by Gasteiger charge is 2.24. The van der Waals surface area contributed by atoms with Gasteiger partial charge in [0.25, 0.3) is 0 Å². The van der Waals surface area contributed by atoms with Crippen LogP contribution in [0, 0.1) is 13.8 Å². The monoisotopic (exact) mass is 547 g/mol. The lowest BCUT2D eigenvalue weighted by Gasteiger charge is -2.21. The van der Waals surface area contributed by atoms with Gasteiger partial charge in [0.15, 0.2) is 0 Å². The molecule has 0 bridgehead atoms. The highest BCUT2D eigenvalue weighted by atomic mass is 127. The predicted octanol–water partition coefficient (Wildman–Crippen LogP) is 3.67. The number of esters is 1. The Kier molecular flexibility index (Phi) is 13.7. The lowest BCUT2D eigenvalue weighted by atomic mass is 9.89. The number of benzene rings is 1. The van der Waals surface area contributed by atoms with Crippen molar-refractivity contribution in [1.82, 2.24) is 5.32 Å². The minimum absolute atomic E-state index is 0.203. The number of hydrogen-bond acceptors (Lipinski definition) is 6. The molecule has 7 nitrogen and oxygen atoms in total. The SMILES string of the molecule is CCc1c(C)c(C)c(C(=O)OC)c(OC)c1CCNCCP(=O)(O)O.CSI. The van der Waals surface area contributed by atoms with E-state index in [-0.39, 0.29) is 12.7 Å². The minimum Gasteiger partial charge on any atom is -0.496 e. The van der Waals surface area contributed by atoms with Crippen LogP contribution in [0.1, 0.15) is 39.5 Å². The molecular formula is C18H31INO6PS. The Labute approximate surface area is 184 Å². The molecule has 0 aromatic heterocycles. The van der Waals surface area contributed by atoms with Crippen molar-refractivity contribution in [2.45, 2.75) is 33.6 Å². The second-order valence-corrected chi connectivity index (χ2v) is 10.7. The van der Waals surface area contributed by atoms with Gasteiger partial charge >= 0.3 is 13.6 Å². The highest BCUT2D eigenvalue weighted by molar-refractivity contribution is 14.2. The molecule has 3 N–H and O–H groups in total. The number of hydrogen-bond donors (Lipinski definition) is 3. The van der Waals surface area contributed by atoms with Crippen molar-refractivity contribution >= 4 is 43.7 Å². The number of methoxy groups -OCH3 is 2. The van der Waals surface area contributed by atoms with Gasteiger partial charge in [0.2, 0.25) is 0 Å². The summed E-state index contributed by atoms with van der Waals surface area (Å²) in [7, 11) is 0.593. The van der Waals surface area contributed by atoms with Gasteiger partial charge in [0, 0.05) is 6.54 Å². The summed E-state index contributed by atoms with van der Waals surface area (Å²) >= 11 is 2.20. The smallest absolute Gasteiger partial charge is 0.341 e. The number of halogens is 1. The molecule has 0 spiro atoms. The summed E-state index contributed by atoms with van der Waals surface area (Å²) in [5, 5.41) is 3.03. The summed E-state index contributed by atoms with van der Waals surface area (Å²) in [6.07, 6.45) is 3.20. The molecule has 0 saturated carbocycles. The molecule has 0 aliphatic carbocycles. The van der Waals surface area contributed by atoms with E-state index in [9.17, 15) is 9.36 Å². The van der Waals surface area contributed by atoms with Gasteiger partial charge in [-0.05, 0) is 82.9 Å². The summed E-state index contributed by atoms with van der Waals surface area (Å²) in [5.74, 6) is 0.0828. The number of rotatable bonds is 9. The van der Waals surface area contributed by atoms with E-state index in [1.165, 1.54) is 14.2 Å². The zero-order valence-electron chi connectivity index (χ0n) is 17.3. The van der Waals surface area contributed by atoms with Gasteiger partial charge in [-0.2, -0.15) is 0 Å². The molecule has 0 atom stereocenters. The van der Waals surface area contributed by atoms with Crippen molar-refractivity contribution in [2.24, 2.45) is 0 Å². The molecule has 162 valence electrons. The highest BCUT2D eigenvalue weighted by Crippen LogP contribution is 2.35. The summed E-state index contributed by atoms with van der Waals surface area (Å²) in [6, 6.07) is 0. The third-order valence-electron chi connectivity index (χ3n) is 4.33. The number of carbonyl (C=O) groups is 1. The zero-order valence-corrected chi connectivity index (χ0v) is 21.2. The van der Waals surface area contributed by atoms with Crippen molar-refractivity contribution < 1.29 is 28.6 Å². The average molecular weight is 547 g/mol. The summed E-state index contributed by atoms with van der Waals surface area (Å²) < 4.78 is 21.3. The minimum atomic E-state index is -4.00. The number of carbonyl (C=O) groups excluding carboxylic acids is 1. The molecule has 0 aliphatic heterocycles. The van der Waals surface area contributed by atoms with Crippen molar-refractivity contribution in [3.05, 3.63) is 27.8 Å². The van der Waals surface area contributed by atoms with E-state index >= 15 is 0 Å². The van der Waals surface area contributed by atoms with Crippen LogP contribution >= 0.6 is 37.7 Å². The molecule has 1 aromatic rings. The molecule has 0 heterocycles. The van der Waals surface area contributed by atoms with Crippen molar-refractivity contribution in [3.63, 3.8) is 0 Å². The third kappa shape index (κ3) is 8.59. The first-order valence-electron chi connectivity index (χ1n) is 8.76. The Hall–Kier alpha value is -0.320. The maximum Gasteiger partial charge on any atom is 0.341 e. The Bertz CT molecular complexity index is 695. The van der Waals surface area contributed by atoms with Crippen molar-refractivity contribution in [2.75, 3.05) is 39.7 Å². The molecule has 0 aliphatic rings. The van der Waals surface area contributed by atoms with E-state index in [2.05, 4.69) is 26.5 Å². The first-order valence-corrected chi connectivity index (χ1v) is 14.3. The summed E-state index contributed by atoms with van der Waals surface area (Å²) in [6.45, 7) is 6.65. The van der Waals surface area contributed by atoms with E-state index in [4.69, 9.17) is 19.3 Å². The standard InChI is InChI=1S/C17H28NO6P.CH3IS/c1-6-13-11(2)12(3)15(17(19)24-5)16(23-4)14(13)7-8-18-9-10-25(20,21)22;1-3-2/h18H,6-10H2,1-5H3,(H2,20,21,22);1H3. The lowest BCUT2D eigenvalue weighted by molar-refractivity contribution is 0.0595. The van der Waals surface area contributed by atoms with E-state index in [1.807, 2.05) is 27.0 Å². The van der Waals surface area contributed by atoms with Gasteiger partial charge in [-0.1, -0.05) is 15.9 Å². The average Bonchev–Trinajstić information content (AvgIpc) is 2.63. The normalized spacial score (nSPS) is 10.9. The van der Waals surface area contributed by atoms with Crippen LogP contribution in [0.2, 0.25) is 0 Å². The summed E-state index contributed by atoms with van der Waals surface area (Å²) in [4.78, 5) is 30.0. The fraction of sp³-hybridized carbons (Fsp3) is 0.611. The Morgan fingerprint density at radius 2 is 1.75 bits per heavy atom. The fourth-order valence-corrected chi connectivity index (χ4v) is 3.43. The molecule has 0 amide bonds. The van der Waals surface area contributed by atoms with Crippen LogP contribution < -0.4 is 10.1 Å². The molecule has 0 radical (unpaired) electrons. The Balaban J connectivity index is 0.00000227.